The molecule has 15 heavy (non-hydrogen) atoms. The van der Waals surface area contributed by atoms with Crippen molar-refractivity contribution in [3.63, 3.8) is 0 Å². The van der Waals surface area contributed by atoms with E-state index in [1.54, 1.807) is 0 Å². The van der Waals surface area contributed by atoms with Crippen LogP contribution in [-0.2, 0) is 6.42 Å². The topological polar surface area (TPSA) is 54.7 Å². The SMILES string of the molecule is Cc1ccc(-c2cnc(CCN)[nH]2)cc1. The van der Waals surface area contributed by atoms with Crippen molar-refractivity contribution in [1.82, 2.24) is 9.97 Å². The molecule has 0 amide bonds. The molecule has 3 heteroatoms. The summed E-state index contributed by atoms with van der Waals surface area (Å²) in [4.78, 5) is 7.53. The van der Waals surface area contributed by atoms with Gasteiger partial charge in [0.15, 0.2) is 0 Å². The Morgan fingerprint density at radius 2 is 2.00 bits per heavy atom. The van der Waals surface area contributed by atoms with E-state index in [1.165, 1.54) is 5.56 Å². The summed E-state index contributed by atoms with van der Waals surface area (Å²) >= 11 is 0. The Balaban J connectivity index is 2.25. The summed E-state index contributed by atoms with van der Waals surface area (Å²) in [5, 5.41) is 0. The number of nitrogens with zero attached hydrogens (tertiary/aromatic N) is 1. The van der Waals surface area contributed by atoms with Crippen LogP contribution in [0.3, 0.4) is 0 Å². The van der Waals surface area contributed by atoms with E-state index in [0.717, 1.165) is 23.5 Å². The first-order valence-corrected chi connectivity index (χ1v) is 5.10. The molecule has 0 bridgehead atoms. The smallest absolute Gasteiger partial charge is 0.107 e. The van der Waals surface area contributed by atoms with E-state index < -0.39 is 0 Å². The lowest BCUT2D eigenvalue weighted by atomic mass is 10.1. The zero-order valence-electron chi connectivity index (χ0n) is 8.83. The lowest BCUT2D eigenvalue weighted by Gasteiger charge is -1.97. The van der Waals surface area contributed by atoms with Gasteiger partial charge in [-0.3, -0.25) is 0 Å². The molecule has 1 aromatic carbocycles. The molecule has 1 aromatic heterocycles. The number of hydrogen-bond acceptors (Lipinski definition) is 2. The molecule has 0 radical (unpaired) electrons. The second kappa shape index (κ2) is 4.28. The summed E-state index contributed by atoms with van der Waals surface area (Å²) in [6.45, 7) is 2.71. The van der Waals surface area contributed by atoms with Crippen LogP contribution >= 0.6 is 0 Å². The molecule has 0 fully saturated rings. The summed E-state index contributed by atoms with van der Waals surface area (Å²) < 4.78 is 0. The van der Waals surface area contributed by atoms with Crippen LogP contribution in [0.2, 0.25) is 0 Å². The predicted octanol–water partition coefficient (Wildman–Crippen LogP) is 1.89. The van der Waals surface area contributed by atoms with Crippen LogP contribution in [0.15, 0.2) is 30.5 Å². The van der Waals surface area contributed by atoms with Crippen molar-refractivity contribution in [1.29, 1.82) is 0 Å². The second-order valence-electron chi connectivity index (χ2n) is 3.65. The van der Waals surface area contributed by atoms with E-state index in [-0.39, 0.29) is 0 Å². The van der Waals surface area contributed by atoms with Gasteiger partial charge in [0.1, 0.15) is 5.82 Å². The number of imidazole rings is 1. The van der Waals surface area contributed by atoms with Crippen molar-refractivity contribution < 1.29 is 0 Å². The highest BCUT2D eigenvalue weighted by atomic mass is 14.9. The maximum atomic E-state index is 5.47. The van der Waals surface area contributed by atoms with E-state index in [9.17, 15) is 0 Å². The molecule has 0 unspecified atom stereocenters. The van der Waals surface area contributed by atoms with Gasteiger partial charge in [0.25, 0.3) is 0 Å². The fraction of sp³-hybridized carbons (Fsp3) is 0.250. The van der Waals surface area contributed by atoms with Crippen LogP contribution in [0, 0.1) is 6.92 Å². The number of nitrogens with one attached hydrogen (secondary N) is 1. The van der Waals surface area contributed by atoms with Gasteiger partial charge in [-0.25, -0.2) is 4.98 Å². The molecule has 2 aromatic rings. The van der Waals surface area contributed by atoms with Gasteiger partial charge in [-0.15, -0.1) is 0 Å². The van der Waals surface area contributed by atoms with Gasteiger partial charge in [0.2, 0.25) is 0 Å². The van der Waals surface area contributed by atoms with Crippen LogP contribution in [-0.4, -0.2) is 16.5 Å². The number of aromatic nitrogens is 2. The molecule has 0 atom stereocenters. The van der Waals surface area contributed by atoms with E-state index in [2.05, 4.69) is 41.2 Å². The second-order valence-corrected chi connectivity index (χ2v) is 3.65. The molecular formula is C12H15N3. The molecule has 2 rings (SSSR count). The minimum absolute atomic E-state index is 0.626. The van der Waals surface area contributed by atoms with Crippen molar-refractivity contribution in [2.75, 3.05) is 6.54 Å². The van der Waals surface area contributed by atoms with Crippen LogP contribution in [0.1, 0.15) is 11.4 Å². The molecule has 0 aliphatic carbocycles. The molecule has 0 saturated heterocycles. The van der Waals surface area contributed by atoms with Gasteiger partial charge >= 0.3 is 0 Å². The first-order chi connectivity index (χ1) is 7.29. The predicted molar refractivity (Wildman–Crippen MR) is 61.5 cm³/mol. The standard InChI is InChI=1S/C12H15N3/c1-9-2-4-10(5-3-9)11-8-14-12(15-11)6-7-13/h2-5,8H,6-7,13H2,1H3,(H,14,15). The number of rotatable bonds is 3. The Morgan fingerprint density at radius 1 is 1.27 bits per heavy atom. The van der Waals surface area contributed by atoms with Crippen LogP contribution in [0.5, 0.6) is 0 Å². The summed E-state index contributed by atoms with van der Waals surface area (Å²) in [5.74, 6) is 0.952. The van der Waals surface area contributed by atoms with Crippen LogP contribution in [0.25, 0.3) is 11.3 Å². The van der Waals surface area contributed by atoms with Gasteiger partial charge in [-0.2, -0.15) is 0 Å². The first kappa shape index (κ1) is 9.93. The van der Waals surface area contributed by atoms with Gasteiger partial charge in [0.05, 0.1) is 11.9 Å². The third kappa shape index (κ3) is 2.25. The normalized spacial score (nSPS) is 10.5. The fourth-order valence-corrected chi connectivity index (χ4v) is 1.51. The van der Waals surface area contributed by atoms with Crippen molar-refractivity contribution in [3.05, 3.63) is 41.9 Å². The van der Waals surface area contributed by atoms with E-state index >= 15 is 0 Å². The maximum Gasteiger partial charge on any atom is 0.107 e. The van der Waals surface area contributed by atoms with Gasteiger partial charge in [0, 0.05) is 6.42 Å². The number of aromatic amines is 1. The van der Waals surface area contributed by atoms with Crippen molar-refractivity contribution in [3.8, 4) is 11.3 Å². The third-order valence-corrected chi connectivity index (χ3v) is 2.37. The van der Waals surface area contributed by atoms with Gasteiger partial charge in [-0.1, -0.05) is 29.8 Å². The first-order valence-electron chi connectivity index (χ1n) is 5.10. The van der Waals surface area contributed by atoms with Crippen LogP contribution in [0.4, 0.5) is 0 Å². The van der Waals surface area contributed by atoms with Crippen LogP contribution < -0.4 is 5.73 Å². The Kier molecular flexibility index (Phi) is 2.83. The zero-order valence-corrected chi connectivity index (χ0v) is 8.83. The average Bonchev–Trinajstić information content (AvgIpc) is 2.68. The lowest BCUT2D eigenvalue weighted by Crippen LogP contribution is -2.03. The highest BCUT2D eigenvalue weighted by molar-refractivity contribution is 5.58. The Labute approximate surface area is 89.4 Å². The van der Waals surface area contributed by atoms with E-state index in [4.69, 9.17) is 5.73 Å². The van der Waals surface area contributed by atoms with Crippen molar-refractivity contribution in [2.24, 2.45) is 5.73 Å². The van der Waals surface area contributed by atoms with Gasteiger partial charge < -0.3 is 10.7 Å². The molecule has 0 saturated carbocycles. The third-order valence-electron chi connectivity index (χ3n) is 2.37. The van der Waals surface area contributed by atoms with Gasteiger partial charge in [-0.05, 0) is 19.0 Å². The molecular weight excluding hydrogens is 186 g/mol. The maximum absolute atomic E-state index is 5.47. The van der Waals surface area contributed by atoms with Crippen molar-refractivity contribution >= 4 is 0 Å². The molecule has 0 spiro atoms. The average molecular weight is 201 g/mol. The lowest BCUT2D eigenvalue weighted by molar-refractivity contribution is 0.895. The largest absolute Gasteiger partial charge is 0.342 e. The van der Waals surface area contributed by atoms with Crippen molar-refractivity contribution in [2.45, 2.75) is 13.3 Å². The number of hydrogen-bond donors (Lipinski definition) is 2. The monoisotopic (exact) mass is 201 g/mol. The number of nitrogens with two attached hydrogens (primary N) is 1. The van der Waals surface area contributed by atoms with E-state index in [0.29, 0.717) is 6.54 Å². The summed E-state index contributed by atoms with van der Waals surface area (Å²) in [5.41, 5.74) is 8.95. The number of aryl methyl sites for hydroxylation is 1. The Bertz CT molecular complexity index is 428. The molecule has 78 valence electrons. The number of H-pyrrole nitrogens is 1. The zero-order chi connectivity index (χ0) is 10.7. The summed E-state index contributed by atoms with van der Waals surface area (Å²) in [6.07, 6.45) is 2.65. The molecule has 1 heterocycles. The summed E-state index contributed by atoms with van der Waals surface area (Å²) in [7, 11) is 0. The highest BCUT2D eigenvalue weighted by Gasteiger charge is 2.01. The minimum Gasteiger partial charge on any atom is -0.342 e. The number of benzene rings is 1. The minimum atomic E-state index is 0.626. The molecule has 3 nitrogen and oxygen atoms in total. The Morgan fingerprint density at radius 3 is 2.67 bits per heavy atom. The van der Waals surface area contributed by atoms with E-state index in [1.807, 2.05) is 6.20 Å². The summed E-state index contributed by atoms with van der Waals surface area (Å²) in [6, 6.07) is 8.38. The molecule has 0 aliphatic rings. The molecule has 0 aliphatic heterocycles. The molecule has 3 N–H and O–H groups in total. The highest BCUT2D eigenvalue weighted by Crippen LogP contribution is 2.17. The quantitative estimate of drug-likeness (QED) is 0.796. The fourth-order valence-electron chi connectivity index (χ4n) is 1.51. The Hall–Kier alpha value is -1.61.